The Kier molecular flexibility index (Phi) is 5.27. The molecule has 0 aliphatic rings. The van der Waals surface area contributed by atoms with Crippen LogP contribution in [0.15, 0.2) is 5.16 Å². The summed E-state index contributed by atoms with van der Waals surface area (Å²) in [5, 5.41) is 3.61. The van der Waals surface area contributed by atoms with E-state index in [1.54, 1.807) is 0 Å². The van der Waals surface area contributed by atoms with Crippen LogP contribution >= 0.6 is 0 Å². The third-order valence-electron chi connectivity index (χ3n) is 1.03. The van der Waals surface area contributed by atoms with E-state index in [4.69, 9.17) is 4.84 Å². The Morgan fingerprint density at radius 2 is 2.22 bits per heavy atom. The van der Waals surface area contributed by atoms with Crippen LogP contribution in [0.4, 0.5) is 0 Å². The van der Waals surface area contributed by atoms with E-state index in [1.165, 1.54) is 0 Å². The fourth-order valence-electron chi connectivity index (χ4n) is 0.266. The van der Waals surface area contributed by atoms with Crippen LogP contribution in [0.1, 0.15) is 33.6 Å². The van der Waals surface area contributed by atoms with Gasteiger partial charge in [-0.15, -0.1) is 0 Å². The topological polar surface area (TPSA) is 21.6 Å². The zero-order chi connectivity index (χ0) is 7.11. The standard InChI is InChI=1S/C7H14NO/c1-4-6-8-9-7(3)5-2/h7H,4-5H2,1-3H3. The normalized spacial score (nSPS) is 14.1. The quantitative estimate of drug-likeness (QED) is 0.419. The molecule has 9 heavy (non-hydrogen) atoms. The van der Waals surface area contributed by atoms with Crippen molar-refractivity contribution in [1.29, 1.82) is 0 Å². The number of hydrogen-bond donors (Lipinski definition) is 0. The highest BCUT2D eigenvalue weighted by atomic mass is 16.6. The fraction of sp³-hybridized carbons (Fsp3) is 0.857. The maximum atomic E-state index is 4.95. The van der Waals surface area contributed by atoms with E-state index >= 15 is 0 Å². The van der Waals surface area contributed by atoms with Crippen molar-refractivity contribution in [3.8, 4) is 0 Å². The lowest BCUT2D eigenvalue weighted by Gasteiger charge is -2.03. The van der Waals surface area contributed by atoms with Gasteiger partial charge in [-0.05, 0) is 19.8 Å². The van der Waals surface area contributed by atoms with Crippen LogP contribution in [0.25, 0.3) is 0 Å². The number of rotatable bonds is 4. The van der Waals surface area contributed by atoms with Gasteiger partial charge >= 0.3 is 0 Å². The van der Waals surface area contributed by atoms with E-state index in [9.17, 15) is 0 Å². The van der Waals surface area contributed by atoms with Crippen molar-refractivity contribution >= 4 is 6.21 Å². The maximum absolute atomic E-state index is 4.95. The van der Waals surface area contributed by atoms with Crippen LogP contribution in [0.3, 0.4) is 0 Å². The fourth-order valence-corrected chi connectivity index (χ4v) is 0.266. The molecule has 0 rings (SSSR count). The molecule has 0 spiro atoms. The molecule has 1 radical (unpaired) electrons. The van der Waals surface area contributed by atoms with Crippen molar-refractivity contribution in [2.24, 2.45) is 5.16 Å². The first-order chi connectivity index (χ1) is 4.31. The molecule has 0 bridgehead atoms. The van der Waals surface area contributed by atoms with E-state index in [2.05, 4.69) is 18.3 Å². The highest BCUT2D eigenvalue weighted by molar-refractivity contribution is 5.55. The Balaban J connectivity index is 3.15. The molecule has 2 nitrogen and oxygen atoms in total. The smallest absolute Gasteiger partial charge is 0.124 e. The highest BCUT2D eigenvalue weighted by Gasteiger charge is 1.93. The minimum atomic E-state index is 0.226. The summed E-state index contributed by atoms with van der Waals surface area (Å²) in [7, 11) is 0. The van der Waals surface area contributed by atoms with Gasteiger partial charge in [0, 0.05) is 0 Å². The van der Waals surface area contributed by atoms with Crippen molar-refractivity contribution < 1.29 is 4.84 Å². The molecular formula is C7H14NO. The molecule has 0 heterocycles. The summed E-state index contributed by atoms with van der Waals surface area (Å²) in [5.74, 6) is 0. The third kappa shape index (κ3) is 5.34. The van der Waals surface area contributed by atoms with Gasteiger partial charge in [-0.25, -0.2) is 0 Å². The number of hydrogen-bond acceptors (Lipinski definition) is 2. The Hall–Kier alpha value is -0.530. The van der Waals surface area contributed by atoms with Gasteiger partial charge in [0.05, 0.1) is 0 Å². The van der Waals surface area contributed by atoms with Crippen LogP contribution in [0.5, 0.6) is 0 Å². The van der Waals surface area contributed by atoms with Crippen LogP contribution in [-0.2, 0) is 4.84 Å². The molecule has 0 N–H and O–H groups in total. The van der Waals surface area contributed by atoms with Crippen LogP contribution in [0.2, 0.25) is 0 Å². The van der Waals surface area contributed by atoms with Gasteiger partial charge in [-0.2, -0.15) is 0 Å². The summed E-state index contributed by atoms with van der Waals surface area (Å²) in [6.45, 7) is 6.02. The molecule has 0 fully saturated rings. The van der Waals surface area contributed by atoms with Gasteiger partial charge in [-0.3, -0.25) is 0 Å². The molecular weight excluding hydrogens is 114 g/mol. The zero-order valence-corrected chi connectivity index (χ0v) is 6.35. The first-order valence-corrected chi connectivity index (χ1v) is 3.40. The number of nitrogens with zero attached hydrogens (tertiary/aromatic N) is 1. The average molecular weight is 128 g/mol. The zero-order valence-electron chi connectivity index (χ0n) is 6.35. The molecule has 1 atom stereocenters. The van der Waals surface area contributed by atoms with Gasteiger partial charge in [0.15, 0.2) is 0 Å². The summed E-state index contributed by atoms with van der Waals surface area (Å²) >= 11 is 0. The first kappa shape index (κ1) is 8.47. The largest absolute Gasteiger partial charge is 0.393 e. The minimum Gasteiger partial charge on any atom is -0.393 e. The van der Waals surface area contributed by atoms with Crippen molar-refractivity contribution in [2.75, 3.05) is 0 Å². The predicted molar refractivity (Wildman–Crippen MR) is 38.6 cm³/mol. The molecule has 0 aromatic rings. The van der Waals surface area contributed by atoms with Crippen molar-refractivity contribution in [1.82, 2.24) is 0 Å². The molecule has 0 saturated heterocycles. The van der Waals surface area contributed by atoms with Gasteiger partial charge in [-0.1, -0.05) is 19.0 Å². The van der Waals surface area contributed by atoms with Crippen molar-refractivity contribution in [3.05, 3.63) is 0 Å². The van der Waals surface area contributed by atoms with Crippen LogP contribution < -0.4 is 0 Å². The first-order valence-electron chi connectivity index (χ1n) is 3.40. The summed E-state index contributed by atoms with van der Waals surface area (Å²) in [6, 6.07) is 0. The Morgan fingerprint density at radius 3 is 2.67 bits per heavy atom. The molecule has 0 saturated carbocycles. The van der Waals surface area contributed by atoms with E-state index in [0.29, 0.717) is 0 Å². The van der Waals surface area contributed by atoms with E-state index in [-0.39, 0.29) is 6.10 Å². The summed E-state index contributed by atoms with van der Waals surface area (Å²) in [6.07, 6.45) is 4.75. The summed E-state index contributed by atoms with van der Waals surface area (Å²) < 4.78 is 0. The van der Waals surface area contributed by atoms with E-state index < -0.39 is 0 Å². The monoisotopic (exact) mass is 128 g/mol. The van der Waals surface area contributed by atoms with E-state index in [1.807, 2.05) is 13.8 Å². The second kappa shape index (κ2) is 5.60. The van der Waals surface area contributed by atoms with Gasteiger partial charge < -0.3 is 4.84 Å². The van der Waals surface area contributed by atoms with Crippen molar-refractivity contribution in [3.63, 3.8) is 0 Å². The second-order valence-corrected chi connectivity index (χ2v) is 1.93. The lowest BCUT2D eigenvalue weighted by atomic mass is 10.3. The highest BCUT2D eigenvalue weighted by Crippen LogP contribution is 1.94. The SMILES string of the molecule is CC/[C]=N/OC(C)CC. The summed E-state index contributed by atoms with van der Waals surface area (Å²) in [5.41, 5.74) is 0. The van der Waals surface area contributed by atoms with Gasteiger partial charge in [0.2, 0.25) is 0 Å². The molecule has 2 heteroatoms. The molecule has 0 aromatic heterocycles. The van der Waals surface area contributed by atoms with E-state index in [0.717, 1.165) is 12.8 Å². The van der Waals surface area contributed by atoms with Gasteiger partial charge in [0.1, 0.15) is 12.3 Å². The summed E-state index contributed by atoms with van der Waals surface area (Å²) in [4.78, 5) is 4.95. The van der Waals surface area contributed by atoms with Crippen molar-refractivity contribution in [2.45, 2.75) is 39.7 Å². The lowest BCUT2D eigenvalue weighted by molar-refractivity contribution is 0.0707. The molecule has 0 aliphatic carbocycles. The second-order valence-electron chi connectivity index (χ2n) is 1.93. The van der Waals surface area contributed by atoms with Crippen LogP contribution in [0, 0.1) is 0 Å². The molecule has 0 amide bonds. The van der Waals surface area contributed by atoms with Crippen LogP contribution in [-0.4, -0.2) is 12.3 Å². The Morgan fingerprint density at radius 1 is 1.56 bits per heavy atom. The minimum absolute atomic E-state index is 0.226. The Labute approximate surface area is 56.9 Å². The maximum Gasteiger partial charge on any atom is 0.124 e. The molecule has 0 aliphatic heterocycles. The van der Waals surface area contributed by atoms with Gasteiger partial charge in [0.25, 0.3) is 0 Å². The molecule has 0 aromatic carbocycles. The molecule has 1 unspecified atom stereocenters. The molecule has 53 valence electrons. The predicted octanol–water partition coefficient (Wildman–Crippen LogP) is 2.07. The average Bonchev–Trinajstić information content (AvgIpc) is 1.89. The third-order valence-corrected chi connectivity index (χ3v) is 1.03. The lowest BCUT2D eigenvalue weighted by Crippen LogP contribution is -2.00. The Bertz CT molecular complexity index is 81.0.